The number of pyridine rings is 1. The molecule has 4 saturated carbocycles. The minimum Gasteiger partial charge on any atom is -0.324 e. The van der Waals surface area contributed by atoms with E-state index in [1.165, 1.54) is 19.3 Å². The molecule has 4 fully saturated rings. The van der Waals surface area contributed by atoms with Crippen molar-refractivity contribution < 1.29 is 4.79 Å². The molecule has 0 aliphatic heterocycles. The normalized spacial score (nSPS) is 30.0. The van der Waals surface area contributed by atoms with E-state index in [1.54, 1.807) is 6.20 Å². The first-order valence-electron chi connectivity index (χ1n) is 10.8. The Balaban J connectivity index is 1.31. The Labute approximate surface area is 170 Å². The molecular formula is C24H26N4O. The number of rotatable bonds is 3. The van der Waals surface area contributed by atoms with Crippen molar-refractivity contribution in [2.75, 3.05) is 5.32 Å². The van der Waals surface area contributed by atoms with Crippen LogP contribution in [0.5, 0.6) is 0 Å². The van der Waals surface area contributed by atoms with Gasteiger partial charge >= 0.3 is 0 Å². The van der Waals surface area contributed by atoms with Crippen molar-refractivity contribution >= 4 is 22.6 Å². The molecule has 29 heavy (non-hydrogen) atoms. The molecule has 0 unspecified atom stereocenters. The molecular weight excluding hydrogens is 360 g/mol. The van der Waals surface area contributed by atoms with Gasteiger partial charge in [-0.25, -0.2) is 9.67 Å². The van der Waals surface area contributed by atoms with Crippen LogP contribution < -0.4 is 5.32 Å². The molecule has 4 bridgehead atoms. The Morgan fingerprint density at radius 1 is 1.07 bits per heavy atom. The number of nitrogens with one attached hydrogen (secondary N) is 1. The van der Waals surface area contributed by atoms with Crippen molar-refractivity contribution in [3.63, 3.8) is 0 Å². The zero-order chi connectivity index (χ0) is 19.6. The summed E-state index contributed by atoms with van der Waals surface area (Å²) in [5.74, 6) is 2.50. The number of para-hydroxylation sites is 1. The lowest BCUT2D eigenvalue weighted by atomic mass is 9.49. The van der Waals surface area contributed by atoms with Gasteiger partial charge in [0.05, 0.1) is 28.7 Å². The lowest BCUT2D eigenvalue weighted by Crippen LogP contribution is -2.51. The monoisotopic (exact) mass is 386 g/mol. The second-order valence-electron chi connectivity index (χ2n) is 9.58. The van der Waals surface area contributed by atoms with Crippen LogP contribution >= 0.6 is 0 Å². The summed E-state index contributed by atoms with van der Waals surface area (Å²) in [5, 5.41) is 8.89. The van der Waals surface area contributed by atoms with E-state index in [2.05, 4.69) is 15.4 Å². The second kappa shape index (κ2) is 6.15. The average Bonchev–Trinajstić information content (AvgIpc) is 3.04. The Kier molecular flexibility index (Phi) is 3.65. The first kappa shape index (κ1) is 17.2. The van der Waals surface area contributed by atoms with E-state index in [1.807, 2.05) is 48.0 Å². The molecule has 4 aliphatic rings. The van der Waals surface area contributed by atoms with Gasteiger partial charge < -0.3 is 5.32 Å². The van der Waals surface area contributed by atoms with Crippen LogP contribution in [0.3, 0.4) is 0 Å². The molecule has 3 aromatic rings. The highest BCUT2D eigenvalue weighted by Crippen LogP contribution is 2.60. The van der Waals surface area contributed by atoms with Crippen molar-refractivity contribution in [2.24, 2.45) is 23.2 Å². The molecule has 0 spiro atoms. The zero-order valence-electron chi connectivity index (χ0n) is 16.8. The molecule has 0 atom stereocenters. The van der Waals surface area contributed by atoms with E-state index < -0.39 is 0 Å². The van der Waals surface area contributed by atoms with Gasteiger partial charge in [-0.15, -0.1) is 0 Å². The van der Waals surface area contributed by atoms with E-state index in [-0.39, 0.29) is 11.3 Å². The molecule has 5 heteroatoms. The molecule has 1 aromatic carbocycles. The number of carbonyl (C=O) groups is 1. The Hall–Kier alpha value is -2.69. The van der Waals surface area contributed by atoms with Gasteiger partial charge in [0.2, 0.25) is 5.91 Å². The number of aryl methyl sites for hydroxylation is 1. The lowest BCUT2D eigenvalue weighted by Gasteiger charge is -2.55. The molecule has 7 rings (SSSR count). The van der Waals surface area contributed by atoms with Crippen molar-refractivity contribution in [3.05, 3.63) is 48.3 Å². The lowest BCUT2D eigenvalue weighted by molar-refractivity contribution is -0.140. The summed E-state index contributed by atoms with van der Waals surface area (Å²) in [7, 11) is 0. The fraction of sp³-hybridized carbons (Fsp3) is 0.458. The van der Waals surface area contributed by atoms with Crippen LogP contribution in [-0.4, -0.2) is 20.7 Å². The number of aromatic nitrogens is 3. The summed E-state index contributed by atoms with van der Waals surface area (Å²) in [6.07, 6.45) is 9.04. The van der Waals surface area contributed by atoms with Crippen molar-refractivity contribution in [1.82, 2.24) is 14.8 Å². The summed E-state index contributed by atoms with van der Waals surface area (Å²) in [6, 6.07) is 12.1. The number of hydrogen-bond acceptors (Lipinski definition) is 3. The van der Waals surface area contributed by atoms with Gasteiger partial charge in [0.25, 0.3) is 0 Å². The van der Waals surface area contributed by atoms with E-state index in [4.69, 9.17) is 0 Å². The molecule has 2 heterocycles. The molecule has 5 nitrogen and oxygen atoms in total. The van der Waals surface area contributed by atoms with E-state index >= 15 is 0 Å². The molecule has 0 radical (unpaired) electrons. The van der Waals surface area contributed by atoms with Crippen LogP contribution in [-0.2, 0) is 4.79 Å². The predicted octanol–water partition coefficient (Wildman–Crippen LogP) is 4.88. The molecule has 1 N–H and O–H groups in total. The molecule has 148 valence electrons. The number of hydrogen-bond donors (Lipinski definition) is 1. The van der Waals surface area contributed by atoms with E-state index in [0.29, 0.717) is 0 Å². The number of benzene rings is 1. The summed E-state index contributed by atoms with van der Waals surface area (Å²) in [5.41, 5.74) is 3.37. The van der Waals surface area contributed by atoms with Crippen LogP contribution in [0.4, 0.5) is 5.69 Å². The molecule has 1 amide bonds. The van der Waals surface area contributed by atoms with Crippen LogP contribution in [0, 0.1) is 30.1 Å². The maximum absolute atomic E-state index is 13.4. The SMILES string of the molecule is Cc1nn(-c2ccccc2)c2ncc(NC(=O)C34CC5CC(CC(C5)C3)C4)cc12. The van der Waals surface area contributed by atoms with E-state index in [9.17, 15) is 4.79 Å². The largest absolute Gasteiger partial charge is 0.324 e. The van der Waals surface area contributed by atoms with Gasteiger partial charge in [0.1, 0.15) is 0 Å². The average molecular weight is 386 g/mol. The maximum Gasteiger partial charge on any atom is 0.230 e. The first-order chi connectivity index (χ1) is 14.1. The molecule has 0 saturated heterocycles. The minimum absolute atomic E-state index is 0.146. The number of amides is 1. The second-order valence-corrected chi connectivity index (χ2v) is 9.58. The number of carbonyl (C=O) groups excluding carboxylic acids is 1. The van der Waals surface area contributed by atoms with Gasteiger partial charge in [0.15, 0.2) is 5.65 Å². The number of anilines is 1. The standard InChI is InChI=1S/C24H26N4O/c1-15-21-10-19(14-25-22(21)28(27-15)20-5-3-2-4-6-20)26-23(29)24-11-16-7-17(12-24)9-18(8-16)13-24/h2-6,10,14,16-18H,7-9,11-13H2,1H3,(H,26,29). The third-order valence-electron chi connectivity index (χ3n) is 7.49. The van der Waals surface area contributed by atoms with Crippen molar-refractivity contribution in [3.8, 4) is 5.69 Å². The van der Waals surface area contributed by atoms with Gasteiger partial charge in [-0.2, -0.15) is 5.10 Å². The highest BCUT2D eigenvalue weighted by Gasteiger charge is 2.54. The molecule has 2 aromatic heterocycles. The fourth-order valence-corrected chi connectivity index (χ4v) is 6.61. The highest BCUT2D eigenvalue weighted by atomic mass is 16.2. The first-order valence-corrected chi connectivity index (χ1v) is 10.8. The predicted molar refractivity (Wildman–Crippen MR) is 113 cm³/mol. The van der Waals surface area contributed by atoms with Crippen LogP contribution in [0.2, 0.25) is 0 Å². The summed E-state index contributed by atoms with van der Waals surface area (Å²) in [4.78, 5) is 18.0. The third kappa shape index (κ3) is 2.70. The van der Waals surface area contributed by atoms with Gasteiger partial charge in [-0.05, 0) is 81.4 Å². The topological polar surface area (TPSA) is 59.8 Å². The Bertz CT molecular complexity index is 1070. The van der Waals surface area contributed by atoms with Gasteiger partial charge in [-0.1, -0.05) is 18.2 Å². The number of fused-ring (bicyclic) bond motifs is 1. The maximum atomic E-state index is 13.4. The van der Waals surface area contributed by atoms with Crippen molar-refractivity contribution in [1.29, 1.82) is 0 Å². The van der Waals surface area contributed by atoms with Crippen LogP contribution in [0.1, 0.15) is 44.2 Å². The third-order valence-corrected chi connectivity index (χ3v) is 7.49. The van der Waals surface area contributed by atoms with Crippen LogP contribution in [0.25, 0.3) is 16.7 Å². The van der Waals surface area contributed by atoms with Crippen LogP contribution in [0.15, 0.2) is 42.6 Å². The highest BCUT2D eigenvalue weighted by molar-refractivity contribution is 5.97. The zero-order valence-corrected chi connectivity index (χ0v) is 16.8. The molecule has 4 aliphatic carbocycles. The quantitative estimate of drug-likeness (QED) is 0.698. The summed E-state index contributed by atoms with van der Waals surface area (Å²) >= 11 is 0. The Morgan fingerprint density at radius 3 is 2.38 bits per heavy atom. The van der Waals surface area contributed by atoms with Gasteiger partial charge in [-0.3, -0.25) is 4.79 Å². The Morgan fingerprint density at radius 2 is 1.72 bits per heavy atom. The summed E-state index contributed by atoms with van der Waals surface area (Å²) in [6.45, 7) is 1.99. The van der Waals surface area contributed by atoms with E-state index in [0.717, 1.165) is 65.1 Å². The smallest absolute Gasteiger partial charge is 0.230 e. The summed E-state index contributed by atoms with van der Waals surface area (Å²) < 4.78 is 1.87. The minimum atomic E-state index is -0.146. The van der Waals surface area contributed by atoms with Gasteiger partial charge in [0, 0.05) is 5.39 Å². The number of nitrogens with zero attached hydrogens (tertiary/aromatic N) is 3. The fourth-order valence-electron chi connectivity index (χ4n) is 6.61. The van der Waals surface area contributed by atoms with Crippen molar-refractivity contribution in [2.45, 2.75) is 45.4 Å².